The minimum absolute atomic E-state index is 0.255. The van der Waals surface area contributed by atoms with E-state index in [4.69, 9.17) is 9.47 Å². The standard InChI is InChI=1S/C22H21NO5S/c1-27-19-12-10-18(11-13-19)23-22(24)16-29(25,26)15-17-6-5-9-21(14-17)28-20-7-3-2-4-8-20/h2-14H,15-16H2,1H3,(H,23,24). The highest BCUT2D eigenvalue weighted by atomic mass is 32.2. The summed E-state index contributed by atoms with van der Waals surface area (Å²) in [5.74, 6) is 0.385. The Hall–Kier alpha value is -3.32. The monoisotopic (exact) mass is 411 g/mol. The number of anilines is 1. The normalized spacial score (nSPS) is 10.9. The highest BCUT2D eigenvalue weighted by molar-refractivity contribution is 7.91. The Labute approximate surface area is 170 Å². The van der Waals surface area contributed by atoms with Crippen molar-refractivity contribution in [1.29, 1.82) is 0 Å². The van der Waals surface area contributed by atoms with Crippen LogP contribution in [0.2, 0.25) is 0 Å². The number of amides is 1. The second-order valence-corrected chi connectivity index (χ2v) is 8.44. The van der Waals surface area contributed by atoms with Gasteiger partial charge in [0, 0.05) is 5.69 Å². The molecule has 29 heavy (non-hydrogen) atoms. The molecule has 0 unspecified atom stereocenters. The molecule has 6 nitrogen and oxygen atoms in total. The third-order valence-electron chi connectivity index (χ3n) is 3.99. The maximum Gasteiger partial charge on any atom is 0.239 e. The molecule has 7 heteroatoms. The zero-order valence-electron chi connectivity index (χ0n) is 15.9. The van der Waals surface area contributed by atoms with Gasteiger partial charge in [-0.1, -0.05) is 30.3 Å². The molecule has 0 saturated carbocycles. The molecule has 150 valence electrons. The number of benzene rings is 3. The predicted molar refractivity (Wildman–Crippen MR) is 112 cm³/mol. The van der Waals surface area contributed by atoms with E-state index in [1.807, 2.05) is 30.3 Å². The summed E-state index contributed by atoms with van der Waals surface area (Å²) in [7, 11) is -2.11. The fraction of sp³-hybridized carbons (Fsp3) is 0.136. The van der Waals surface area contributed by atoms with Crippen molar-refractivity contribution in [3.63, 3.8) is 0 Å². The fourth-order valence-electron chi connectivity index (χ4n) is 2.70. The average Bonchev–Trinajstić information content (AvgIpc) is 2.68. The molecule has 0 aliphatic carbocycles. The quantitative estimate of drug-likeness (QED) is 0.605. The van der Waals surface area contributed by atoms with Gasteiger partial charge in [0.15, 0.2) is 9.84 Å². The number of carbonyl (C=O) groups is 1. The van der Waals surface area contributed by atoms with Crippen molar-refractivity contribution in [2.24, 2.45) is 0 Å². The molecule has 0 radical (unpaired) electrons. The molecule has 0 heterocycles. The Bertz CT molecular complexity index is 1060. The summed E-state index contributed by atoms with van der Waals surface area (Å²) >= 11 is 0. The first-order valence-corrected chi connectivity index (χ1v) is 10.7. The molecular formula is C22H21NO5S. The zero-order chi connectivity index (χ0) is 20.7. The van der Waals surface area contributed by atoms with Crippen molar-refractivity contribution in [1.82, 2.24) is 0 Å². The average molecular weight is 411 g/mol. The van der Waals surface area contributed by atoms with E-state index in [1.54, 1.807) is 55.6 Å². The Morgan fingerprint density at radius 1 is 0.862 bits per heavy atom. The SMILES string of the molecule is COc1ccc(NC(=O)CS(=O)(=O)Cc2cccc(Oc3ccccc3)c2)cc1. The Balaban J connectivity index is 1.61. The van der Waals surface area contributed by atoms with Crippen LogP contribution in [0.25, 0.3) is 0 Å². The van der Waals surface area contributed by atoms with Gasteiger partial charge in [0.05, 0.1) is 12.9 Å². The van der Waals surface area contributed by atoms with Crippen molar-refractivity contribution in [2.75, 3.05) is 18.2 Å². The molecule has 0 aliphatic rings. The summed E-state index contributed by atoms with van der Waals surface area (Å²) < 4.78 is 35.7. The number of hydrogen-bond donors (Lipinski definition) is 1. The van der Waals surface area contributed by atoms with E-state index in [9.17, 15) is 13.2 Å². The first-order chi connectivity index (χ1) is 13.9. The van der Waals surface area contributed by atoms with Gasteiger partial charge in [-0.2, -0.15) is 0 Å². The van der Waals surface area contributed by atoms with Crippen LogP contribution in [0, 0.1) is 0 Å². The second-order valence-electron chi connectivity index (χ2n) is 6.37. The summed E-state index contributed by atoms with van der Waals surface area (Å²) in [6, 6.07) is 22.7. The lowest BCUT2D eigenvalue weighted by atomic mass is 10.2. The van der Waals surface area contributed by atoms with Gasteiger partial charge >= 0.3 is 0 Å². The van der Waals surface area contributed by atoms with Crippen molar-refractivity contribution < 1.29 is 22.7 Å². The molecule has 0 atom stereocenters. The van der Waals surface area contributed by atoms with Crippen LogP contribution >= 0.6 is 0 Å². The van der Waals surface area contributed by atoms with E-state index in [1.165, 1.54) is 0 Å². The van der Waals surface area contributed by atoms with Crippen LogP contribution in [0.4, 0.5) is 5.69 Å². The van der Waals surface area contributed by atoms with E-state index in [0.29, 0.717) is 28.5 Å². The van der Waals surface area contributed by atoms with Crippen LogP contribution in [0.1, 0.15) is 5.56 Å². The molecule has 3 aromatic rings. The summed E-state index contributed by atoms with van der Waals surface area (Å²) in [6.07, 6.45) is 0. The van der Waals surface area contributed by atoms with E-state index >= 15 is 0 Å². The van der Waals surface area contributed by atoms with Crippen LogP contribution < -0.4 is 14.8 Å². The second kappa shape index (κ2) is 9.25. The largest absolute Gasteiger partial charge is 0.497 e. The third kappa shape index (κ3) is 6.36. The van der Waals surface area contributed by atoms with Gasteiger partial charge in [-0.3, -0.25) is 4.79 Å². The number of hydrogen-bond acceptors (Lipinski definition) is 5. The molecule has 0 fully saturated rings. The van der Waals surface area contributed by atoms with Crippen LogP contribution in [-0.2, 0) is 20.4 Å². The van der Waals surface area contributed by atoms with Gasteiger partial charge in [0.2, 0.25) is 5.91 Å². The number of methoxy groups -OCH3 is 1. The van der Waals surface area contributed by atoms with Crippen LogP contribution in [0.3, 0.4) is 0 Å². The smallest absolute Gasteiger partial charge is 0.239 e. The van der Waals surface area contributed by atoms with Gasteiger partial charge in [0.25, 0.3) is 0 Å². The first-order valence-electron chi connectivity index (χ1n) is 8.90. The molecular weight excluding hydrogens is 390 g/mol. The van der Waals surface area contributed by atoms with E-state index in [-0.39, 0.29) is 5.75 Å². The zero-order valence-corrected chi connectivity index (χ0v) is 16.7. The molecule has 0 bridgehead atoms. The lowest BCUT2D eigenvalue weighted by Crippen LogP contribution is -2.23. The summed E-state index contributed by atoms with van der Waals surface area (Å²) in [4.78, 5) is 12.1. The minimum Gasteiger partial charge on any atom is -0.497 e. The lowest BCUT2D eigenvalue weighted by Gasteiger charge is -2.09. The predicted octanol–water partition coefficient (Wildman–Crippen LogP) is 4.04. The number of sulfone groups is 1. The molecule has 1 N–H and O–H groups in total. The lowest BCUT2D eigenvalue weighted by molar-refractivity contribution is -0.113. The van der Waals surface area contributed by atoms with Crippen LogP contribution in [0.5, 0.6) is 17.2 Å². The number of ether oxygens (including phenoxy) is 2. The molecule has 0 spiro atoms. The number of nitrogens with one attached hydrogen (secondary N) is 1. The van der Waals surface area contributed by atoms with Gasteiger partial charge in [-0.15, -0.1) is 0 Å². The Kier molecular flexibility index (Phi) is 6.51. The van der Waals surface area contributed by atoms with Gasteiger partial charge < -0.3 is 14.8 Å². The van der Waals surface area contributed by atoms with Crippen LogP contribution in [-0.4, -0.2) is 27.2 Å². The Morgan fingerprint density at radius 2 is 1.55 bits per heavy atom. The van der Waals surface area contributed by atoms with Crippen molar-refractivity contribution in [3.05, 3.63) is 84.4 Å². The highest BCUT2D eigenvalue weighted by Gasteiger charge is 2.18. The molecule has 0 saturated heterocycles. The first kappa shape index (κ1) is 20.4. The van der Waals surface area contributed by atoms with E-state index < -0.39 is 21.5 Å². The molecule has 3 aromatic carbocycles. The van der Waals surface area contributed by atoms with Gasteiger partial charge in [-0.25, -0.2) is 8.42 Å². The minimum atomic E-state index is -3.65. The molecule has 3 rings (SSSR count). The van der Waals surface area contributed by atoms with Crippen LogP contribution in [0.15, 0.2) is 78.9 Å². The van der Waals surface area contributed by atoms with Crippen molar-refractivity contribution in [3.8, 4) is 17.2 Å². The summed E-state index contributed by atoms with van der Waals surface area (Å²) in [6.45, 7) is 0. The summed E-state index contributed by atoms with van der Waals surface area (Å²) in [5.41, 5.74) is 1.06. The van der Waals surface area contributed by atoms with Crippen molar-refractivity contribution in [2.45, 2.75) is 5.75 Å². The maximum absolute atomic E-state index is 12.4. The fourth-order valence-corrected chi connectivity index (χ4v) is 3.96. The van der Waals surface area contributed by atoms with Gasteiger partial charge in [0.1, 0.15) is 23.0 Å². The Morgan fingerprint density at radius 3 is 2.24 bits per heavy atom. The molecule has 0 aromatic heterocycles. The third-order valence-corrected chi connectivity index (χ3v) is 5.46. The van der Waals surface area contributed by atoms with Gasteiger partial charge in [-0.05, 0) is 54.1 Å². The van der Waals surface area contributed by atoms with E-state index in [2.05, 4.69) is 5.32 Å². The summed E-state index contributed by atoms with van der Waals surface area (Å²) in [5, 5.41) is 2.58. The molecule has 0 aliphatic heterocycles. The number of rotatable bonds is 8. The van der Waals surface area contributed by atoms with Crippen molar-refractivity contribution >= 4 is 21.4 Å². The number of carbonyl (C=O) groups excluding carboxylic acids is 1. The maximum atomic E-state index is 12.4. The number of para-hydroxylation sites is 1. The molecule has 1 amide bonds. The van der Waals surface area contributed by atoms with E-state index in [0.717, 1.165) is 0 Å². The topological polar surface area (TPSA) is 81.7 Å². The highest BCUT2D eigenvalue weighted by Crippen LogP contribution is 2.23.